The minimum absolute atomic E-state index is 0.00574. The van der Waals surface area contributed by atoms with Gasteiger partial charge in [0.2, 0.25) is 0 Å². The number of thiazole rings is 2. The number of carbonyl (C=O) groups is 2. The standard InChI is InChI=1S/C14H14N2O4S2.C12H10N2O3S2/c1-19-8-2-3-9-11(6-8)22-13(15-9)12-16-10(7-21-12)14(18)20-5-4-17;1-17-6-2-3-7-9(4-6)19-11(13-7)10-14-8(5-18-10)12(15)16/h2-3,6,10,17H,4-5,7H2,1H3;2-4,8H,5H2,1H3,(H,15,16)/t10-;8-/m11/s1. The summed E-state index contributed by atoms with van der Waals surface area (Å²) in [5.74, 6) is 1.30. The molecule has 0 spiro atoms. The number of aliphatic imine (C=N–C) groups is 2. The van der Waals surface area contributed by atoms with Gasteiger partial charge < -0.3 is 24.4 Å². The van der Waals surface area contributed by atoms with E-state index in [2.05, 4.69) is 20.0 Å². The molecule has 0 amide bonds. The number of carboxylic acid groups (broad SMARTS) is 1. The van der Waals surface area contributed by atoms with Gasteiger partial charge in [-0.3, -0.25) is 9.98 Å². The smallest absolute Gasteiger partial charge is 0.331 e. The van der Waals surface area contributed by atoms with Crippen LogP contribution in [0.1, 0.15) is 10.0 Å². The lowest BCUT2D eigenvalue weighted by molar-refractivity contribution is -0.145. The summed E-state index contributed by atoms with van der Waals surface area (Å²) in [4.78, 5) is 40.2. The lowest BCUT2D eigenvalue weighted by Gasteiger charge is -2.04. The van der Waals surface area contributed by atoms with Gasteiger partial charge in [0.1, 0.15) is 38.2 Å². The van der Waals surface area contributed by atoms with Crippen LogP contribution in [-0.2, 0) is 14.3 Å². The third-order valence-electron chi connectivity index (χ3n) is 5.75. The highest BCUT2D eigenvalue weighted by Gasteiger charge is 2.29. The van der Waals surface area contributed by atoms with Crippen LogP contribution < -0.4 is 9.47 Å². The first-order chi connectivity index (χ1) is 19.9. The second-order valence-corrected chi connectivity index (χ2v) is 12.5. The number of carboxylic acids is 1. The number of carbonyl (C=O) groups excluding carboxylic acids is 1. The van der Waals surface area contributed by atoms with Crippen LogP contribution in [0.4, 0.5) is 0 Å². The minimum atomic E-state index is -0.884. The van der Waals surface area contributed by atoms with Gasteiger partial charge >= 0.3 is 11.9 Å². The average Bonchev–Trinajstić information content (AvgIpc) is 3.79. The number of hydrogen-bond donors (Lipinski definition) is 2. The summed E-state index contributed by atoms with van der Waals surface area (Å²) >= 11 is 5.96. The van der Waals surface area contributed by atoms with Gasteiger partial charge in [-0.15, -0.1) is 46.2 Å². The zero-order valence-electron chi connectivity index (χ0n) is 21.8. The molecule has 6 rings (SSSR count). The Hall–Kier alpha value is -3.24. The van der Waals surface area contributed by atoms with Crippen molar-refractivity contribution >= 4 is 88.7 Å². The summed E-state index contributed by atoms with van der Waals surface area (Å²) in [5.41, 5.74) is 1.76. The molecule has 2 aromatic carbocycles. The normalized spacial score (nSPS) is 18.0. The minimum Gasteiger partial charge on any atom is -0.497 e. The number of aliphatic hydroxyl groups is 1. The zero-order chi connectivity index (χ0) is 28.9. The molecule has 2 aliphatic heterocycles. The number of fused-ring (bicyclic) bond motifs is 2. The lowest BCUT2D eigenvalue weighted by atomic mass is 10.3. The molecule has 0 unspecified atom stereocenters. The highest BCUT2D eigenvalue weighted by atomic mass is 32.2. The highest BCUT2D eigenvalue weighted by molar-refractivity contribution is 8.15. The monoisotopic (exact) mass is 632 g/mol. The molecule has 0 radical (unpaired) electrons. The maximum absolute atomic E-state index is 11.7. The lowest BCUT2D eigenvalue weighted by Crippen LogP contribution is -2.22. The first-order valence-corrected chi connectivity index (χ1v) is 15.8. The highest BCUT2D eigenvalue weighted by Crippen LogP contribution is 2.33. The molecule has 15 heteroatoms. The van der Waals surface area contributed by atoms with Crippen molar-refractivity contribution in [3.8, 4) is 11.5 Å². The fourth-order valence-electron chi connectivity index (χ4n) is 3.72. The molecular formula is C26H24N4O7S4. The fraction of sp³-hybridized carbons (Fsp3) is 0.308. The van der Waals surface area contributed by atoms with Gasteiger partial charge in [0.05, 0.1) is 41.3 Å². The van der Waals surface area contributed by atoms with E-state index in [1.54, 1.807) is 14.2 Å². The first-order valence-electron chi connectivity index (χ1n) is 12.2. The summed E-state index contributed by atoms with van der Waals surface area (Å²) in [5, 5.41) is 20.6. The molecular weight excluding hydrogens is 609 g/mol. The quantitative estimate of drug-likeness (QED) is 0.272. The molecule has 4 heterocycles. The Kier molecular flexibility index (Phi) is 9.39. The molecule has 4 aromatic rings. The van der Waals surface area contributed by atoms with E-state index in [0.29, 0.717) is 16.5 Å². The Labute approximate surface area is 250 Å². The van der Waals surface area contributed by atoms with Gasteiger partial charge in [-0.05, 0) is 36.4 Å². The summed E-state index contributed by atoms with van der Waals surface area (Å²) in [6.45, 7) is -0.173. The van der Waals surface area contributed by atoms with Crippen LogP contribution in [0.2, 0.25) is 0 Å². The molecule has 2 N–H and O–H groups in total. The van der Waals surface area contributed by atoms with Crippen molar-refractivity contribution < 1.29 is 34.0 Å². The molecule has 0 saturated heterocycles. The predicted molar refractivity (Wildman–Crippen MR) is 164 cm³/mol. The molecule has 214 valence electrons. The number of aromatic nitrogens is 2. The molecule has 2 aromatic heterocycles. The number of nitrogens with zero attached hydrogens (tertiary/aromatic N) is 4. The van der Waals surface area contributed by atoms with Crippen molar-refractivity contribution in [3.05, 3.63) is 46.4 Å². The summed E-state index contributed by atoms with van der Waals surface area (Å²) in [7, 11) is 3.25. The topological polar surface area (TPSA) is 153 Å². The van der Waals surface area contributed by atoms with Gasteiger partial charge in [0, 0.05) is 11.5 Å². The van der Waals surface area contributed by atoms with Crippen LogP contribution in [0.5, 0.6) is 11.5 Å². The van der Waals surface area contributed by atoms with Gasteiger partial charge in [-0.2, -0.15) is 0 Å². The van der Waals surface area contributed by atoms with E-state index in [9.17, 15) is 9.59 Å². The summed E-state index contributed by atoms with van der Waals surface area (Å²) in [6, 6.07) is 10.2. The maximum Gasteiger partial charge on any atom is 0.331 e. The molecule has 0 fully saturated rings. The van der Waals surface area contributed by atoms with E-state index in [1.165, 1.54) is 46.2 Å². The third-order valence-corrected chi connectivity index (χ3v) is 10.2. The molecule has 41 heavy (non-hydrogen) atoms. The van der Waals surface area contributed by atoms with E-state index < -0.39 is 24.0 Å². The number of aliphatic hydroxyl groups excluding tert-OH is 1. The van der Waals surface area contributed by atoms with Crippen molar-refractivity contribution in [1.29, 1.82) is 0 Å². The average molecular weight is 633 g/mol. The Balaban J connectivity index is 0.000000166. The SMILES string of the molecule is COc1ccc2nc(C3=N[C@@H](C(=O)O)CS3)sc2c1.COc1ccc2nc(C3=N[C@@H](C(=O)OCCO)CS3)sc2c1. The second kappa shape index (κ2) is 13.2. The Morgan fingerprint density at radius 2 is 1.37 bits per heavy atom. The van der Waals surface area contributed by atoms with Gasteiger partial charge in [0.25, 0.3) is 0 Å². The second-order valence-electron chi connectivity index (χ2n) is 8.46. The number of hydrogen-bond acceptors (Lipinski definition) is 14. The van der Waals surface area contributed by atoms with Gasteiger partial charge in [0.15, 0.2) is 12.1 Å². The van der Waals surface area contributed by atoms with Crippen molar-refractivity contribution in [2.45, 2.75) is 12.1 Å². The van der Waals surface area contributed by atoms with Crippen molar-refractivity contribution in [1.82, 2.24) is 9.97 Å². The van der Waals surface area contributed by atoms with Crippen LogP contribution >= 0.6 is 46.2 Å². The van der Waals surface area contributed by atoms with E-state index in [1.807, 2.05) is 36.4 Å². The van der Waals surface area contributed by atoms with Crippen molar-refractivity contribution in [3.63, 3.8) is 0 Å². The fourth-order valence-corrected chi connectivity index (χ4v) is 7.89. The summed E-state index contributed by atoms with van der Waals surface area (Å²) in [6.07, 6.45) is 0. The molecule has 11 nitrogen and oxygen atoms in total. The molecule has 2 aliphatic rings. The molecule has 0 aliphatic carbocycles. The zero-order valence-corrected chi connectivity index (χ0v) is 25.1. The van der Waals surface area contributed by atoms with E-state index in [0.717, 1.165) is 47.0 Å². The number of rotatable bonds is 8. The van der Waals surface area contributed by atoms with Gasteiger partial charge in [-0.25, -0.2) is 19.6 Å². The number of thioether (sulfide) groups is 2. The molecule has 0 bridgehead atoms. The van der Waals surface area contributed by atoms with E-state index in [-0.39, 0.29) is 13.2 Å². The molecule has 0 saturated carbocycles. The Morgan fingerprint density at radius 1 is 0.854 bits per heavy atom. The number of aliphatic carboxylic acids is 1. The number of esters is 1. The van der Waals surface area contributed by atoms with Crippen LogP contribution in [0.15, 0.2) is 46.4 Å². The Bertz CT molecular complexity index is 1650. The number of benzene rings is 2. The first kappa shape index (κ1) is 29.3. The molecule has 2 atom stereocenters. The van der Waals surface area contributed by atoms with E-state index in [4.69, 9.17) is 24.4 Å². The summed E-state index contributed by atoms with van der Waals surface area (Å²) < 4.78 is 17.3. The van der Waals surface area contributed by atoms with Gasteiger partial charge in [-0.1, -0.05) is 0 Å². The largest absolute Gasteiger partial charge is 0.497 e. The van der Waals surface area contributed by atoms with Crippen molar-refractivity contribution in [2.24, 2.45) is 9.98 Å². The van der Waals surface area contributed by atoms with Crippen LogP contribution in [0, 0.1) is 0 Å². The van der Waals surface area contributed by atoms with Crippen LogP contribution in [0.25, 0.3) is 20.4 Å². The maximum atomic E-state index is 11.7. The van der Waals surface area contributed by atoms with Crippen LogP contribution in [0.3, 0.4) is 0 Å². The van der Waals surface area contributed by atoms with E-state index >= 15 is 0 Å². The number of methoxy groups -OCH3 is 2. The van der Waals surface area contributed by atoms with Crippen molar-refractivity contribution in [2.75, 3.05) is 38.9 Å². The Morgan fingerprint density at radius 3 is 1.83 bits per heavy atom. The third kappa shape index (κ3) is 6.81. The van der Waals surface area contributed by atoms with Crippen LogP contribution in [-0.4, -0.2) is 93.2 Å². The predicted octanol–water partition coefficient (Wildman–Crippen LogP) is 3.95. The number of ether oxygens (including phenoxy) is 3.